The first-order chi connectivity index (χ1) is 14.2. The first-order valence-electron chi connectivity index (χ1n) is 10.6. The minimum absolute atomic E-state index is 0.0855. The molecule has 4 aliphatic carbocycles. The van der Waals surface area contributed by atoms with Gasteiger partial charge in [-0.25, -0.2) is 24.6 Å². The fraction of sp³-hybridized carbons (Fsp3) is 0.571. The third-order valence-electron chi connectivity index (χ3n) is 7.30. The van der Waals surface area contributed by atoms with Crippen LogP contribution < -0.4 is 5.32 Å². The van der Waals surface area contributed by atoms with E-state index in [1.165, 1.54) is 32.1 Å². The van der Waals surface area contributed by atoms with Crippen LogP contribution in [0.2, 0.25) is 0 Å². The average Bonchev–Trinajstić information content (AvgIpc) is 3.41. The summed E-state index contributed by atoms with van der Waals surface area (Å²) >= 11 is 0. The third kappa shape index (κ3) is 2.54. The summed E-state index contributed by atoms with van der Waals surface area (Å²) in [5.74, 6) is 3.11. The van der Waals surface area contributed by atoms with Gasteiger partial charge in [-0.05, 0) is 57.3 Å². The average molecular weight is 390 g/mol. The van der Waals surface area contributed by atoms with Crippen molar-refractivity contribution in [2.45, 2.75) is 56.5 Å². The van der Waals surface area contributed by atoms with E-state index in [0.717, 1.165) is 36.2 Å². The summed E-state index contributed by atoms with van der Waals surface area (Å²) < 4.78 is 4.59. The fourth-order valence-corrected chi connectivity index (χ4v) is 6.76. The normalized spacial score (nSPS) is 32.6. The van der Waals surface area contributed by atoms with Crippen LogP contribution in [0.3, 0.4) is 0 Å². The summed E-state index contributed by atoms with van der Waals surface area (Å²) in [7, 11) is 0. The van der Waals surface area contributed by atoms with Gasteiger partial charge in [-0.2, -0.15) is 5.10 Å². The van der Waals surface area contributed by atoms with Gasteiger partial charge in [0.1, 0.15) is 18.5 Å². The Bertz CT molecular complexity index is 992. The van der Waals surface area contributed by atoms with Crippen LogP contribution in [0.25, 0.3) is 11.4 Å². The first-order valence-corrected chi connectivity index (χ1v) is 10.6. The standard InChI is InChI=1S/C21H26N8/c1-2-23-19-25-10-17(11-26-19)18-24-3-4-28(18)20-6-15-5-16(7-20)9-21(8-15,12-20)29-14-22-13-27-29/h3-4,10-11,13-16H,2,5-9,12H2,1H3,(H,23,25,26). The molecule has 0 saturated heterocycles. The number of hydrogen-bond acceptors (Lipinski definition) is 6. The van der Waals surface area contributed by atoms with Crippen LogP contribution in [0.5, 0.6) is 0 Å². The van der Waals surface area contributed by atoms with Crippen LogP contribution in [0.15, 0.2) is 37.4 Å². The minimum Gasteiger partial charge on any atom is -0.355 e. The topological polar surface area (TPSA) is 86.3 Å². The lowest BCUT2D eigenvalue weighted by molar-refractivity contribution is -0.0968. The molecule has 4 fully saturated rings. The van der Waals surface area contributed by atoms with Gasteiger partial charge in [0.15, 0.2) is 0 Å². The van der Waals surface area contributed by atoms with Crippen LogP contribution >= 0.6 is 0 Å². The zero-order valence-electron chi connectivity index (χ0n) is 16.7. The van der Waals surface area contributed by atoms with Crippen molar-refractivity contribution in [2.24, 2.45) is 11.8 Å². The van der Waals surface area contributed by atoms with E-state index in [0.29, 0.717) is 5.95 Å². The summed E-state index contributed by atoms with van der Waals surface area (Å²) in [5.41, 5.74) is 1.15. The highest BCUT2D eigenvalue weighted by Crippen LogP contribution is 2.63. The summed E-state index contributed by atoms with van der Waals surface area (Å²) in [5, 5.41) is 7.74. The molecule has 2 atom stereocenters. The van der Waals surface area contributed by atoms with Crippen molar-refractivity contribution in [1.29, 1.82) is 0 Å². The van der Waals surface area contributed by atoms with E-state index in [1.807, 2.05) is 31.8 Å². The molecule has 4 bridgehead atoms. The van der Waals surface area contributed by atoms with Gasteiger partial charge in [-0.15, -0.1) is 0 Å². The van der Waals surface area contributed by atoms with E-state index in [4.69, 9.17) is 4.98 Å². The van der Waals surface area contributed by atoms with Crippen molar-refractivity contribution in [3.05, 3.63) is 37.4 Å². The van der Waals surface area contributed by atoms with Gasteiger partial charge in [0.25, 0.3) is 0 Å². The Balaban J connectivity index is 1.41. The molecule has 0 spiro atoms. The first kappa shape index (κ1) is 17.1. The van der Waals surface area contributed by atoms with E-state index in [2.05, 4.69) is 40.8 Å². The number of imidazole rings is 1. The number of rotatable bonds is 5. The van der Waals surface area contributed by atoms with Gasteiger partial charge in [0, 0.05) is 36.9 Å². The molecule has 8 heteroatoms. The molecule has 0 radical (unpaired) electrons. The zero-order chi connectivity index (χ0) is 19.5. The summed E-state index contributed by atoms with van der Waals surface area (Å²) in [4.78, 5) is 17.9. The molecule has 0 aromatic carbocycles. The molecule has 2 unspecified atom stereocenters. The molecule has 150 valence electrons. The molecular weight excluding hydrogens is 364 g/mol. The second-order valence-electron chi connectivity index (χ2n) is 9.20. The van der Waals surface area contributed by atoms with E-state index < -0.39 is 0 Å². The van der Waals surface area contributed by atoms with Crippen LogP contribution in [0.1, 0.15) is 45.4 Å². The molecule has 4 aliphatic rings. The minimum atomic E-state index is 0.0855. The van der Waals surface area contributed by atoms with E-state index >= 15 is 0 Å². The Morgan fingerprint density at radius 2 is 1.83 bits per heavy atom. The maximum absolute atomic E-state index is 4.73. The van der Waals surface area contributed by atoms with Gasteiger partial charge in [-0.3, -0.25) is 0 Å². The van der Waals surface area contributed by atoms with Crippen LogP contribution in [-0.4, -0.2) is 40.8 Å². The molecule has 0 aliphatic heterocycles. The number of aromatic nitrogens is 7. The van der Waals surface area contributed by atoms with Crippen molar-refractivity contribution in [3.8, 4) is 11.4 Å². The summed E-state index contributed by atoms with van der Waals surface area (Å²) in [6.45, 7) is 2.85. The Hall–Kier alpha value is -2.77. The molecule has 4 saturated carbocycles. The zero-order valence-corrected chi connectivity index (χ0v) is 16.7. The van der Waals surface area contributed by atoms with Gasteiger partial charge in [-0.1, -0.05) is 0 Å². The van der Waals surface area contributed by atoms with Crippen molar-refractivity contribution in [2.75, 3.05) is 11.9 Å². The molecule has 1 N–H and O–H groups in total. The second kappa shape index (κ2) is 6.11. The SMILES string of the molecule is CCNc1ncc(-c2nccn2C23CC4CC(CC(n5cncn5)(C4)C2)C3)cn1. The number of nitrogens with one attached hydrogen (secondary N) is 1. The van der Waals surface area contributed by atoms with Crippen molar-refractivity contribution in [3.63, 3.8) is 0 Å². The Morgan fingerprint density at radius 3 is 2.52 bits per heavy atom. The molecule has 29 heavy (non-hydrogen) atoms. The highest BCUT2D eigenvalue weighted by Gasteiger charge is 2.60. The Labute approximate surface area is 169 Å². The van der Waals surface area contributed by atoms with Gasteiger partial charge in [0.2, 0.25) is 5.95 Å². The van der Waals surface area contributed by atoms with Crippen LogP contribution in [0, 0.1) is 11.8 Å². The molecule has 3 aromatic rings. The Kier molecular flexibility index (Phi) is 3.61. The van der Waals surface area contributed by atoms with Gasteiger partial charge in [0.05, 0.1) is 11.1 Å². The monoisotopic (exact) mass is 390 g/mol. The van der Waals surface area contributed by atoms with E-state index in [1.54, 1.807) is 6.33 Å². The third-order valence-corrected chi connectivity index (χ3v) is 7.30. The number of anilines is 1. The largest absolute Gasteiger partial charge is 0.355 e. The molecule has 3 aromatic heterocycles. The quantitative estimate of drug-likeness (QED) is 0.720. The molecule has 7 rings (SSSR count). The summed E-state index contributed by atoms with van der Waals surface area (Å²) in [6, 6.07) is 0. The lowest BCUT2D eigenvalue weighted by Gasteiger charge is -2.62. The molecule has 8 nitrogen and oxygen atoms in total. The van der Waals surface area contributed by atoms with E-state index in [9.17, 15) is 0 Å². The summed E-state index contributed by atoms with van der Waals surface area (Å²) in [6.07, 6.45) is 18.8. The lowest BCUT2D eigenvalue weighted by Crippen LogP contribution is -2.60. The van der Waals surface area contributed by atoms with Crippen molar-refractivity contribution in [1.82, 2.24) is 34.3 Å². The van der Waals surface area contributed by atoms with Gasteiger partial charge >= 0.3 is 0 Å². The van der Waals surface area contributed by atoms with Gasteiger partial charge < -0.3 is 9.88 Å². The van der Waals surface area contributed by atoms with E-state index in [-0.39, 0.29) is 11.1 Å². The predicted molar refractivity (Wildman–Crippen MR) is 108 cm³/mol. The Morgan fingerprint density at radius 1 is 1.07 bits per heavy atom. The second-order valence-corrected chi connectivity index (χ2v) is 9.20. The predicted octanol–water partition coefficient (Wildman–Crippen LogP) is 3.07. The molecule has 3 heterocycles. The van der Waals surface area contributed by atoms with Crippen molar-refractivity contribution >= 4 is 5.95 Å². The maximum atomic E-state index is 4.73. The fourth-order valence-electron chi connectivity index (χ4n) is 6.76. The highest BCUT2D eigenvalue weighted by molar-refractivity contribution is 5.54. The number of nitrogens with zero attached hydrogens (tertiary/aromatic N) is 7. The maximum Gasteiger partial charge on any atom is 0.222 e. The van der Waals surface area contributed by atoms with Crippen LogP contribution in [0.4, 0.5) is 5.95 Å². The molecule has 0 amide bonds. The van der Waals surface area contributed by atoms with Crippen molar-refractivity contribution < 1.29 is 0 Å². The lowest BCUT2D eigenvalue weighted by atomic mass is 9.49. The number of hydrogen-bond donors (Lipinski definition) is 1. The molecular formula is C21H26N8. The smallest absolute Gasteiger partial charge is 0.222 e. The highest BCUT2D eigenvalue weighted by atomic mass is 15.4. The van der Waals surface area contributed by atoms with Crippen LogP contribution in [-0.2, 0) is 11.1 Å².